The van der Waals surface area contributed by atoms with Gasteiger partial charge in [0, 0.05) is 12.1 Å². The molecule has 0 aliphatic rings. The fourth-order valence-corrected chi connectivity index (χ4v) is 1.39. The lowest BCUT2D eigenvalue weighted by Gasteiger charge is -2.16. The third-order valence-electron chi connectivity index (χ3n) is 2.12. The van der Waals surface area contributed by atoms with Gasteiger partial charge in [-0.1, -0.05) is 0 Å². The fourth-order valence-electron chi connectivity index (χ4n) is 1.39. The molecule has 6 nitrogen and oxygen atoms in total. The predicted molar refractivity (Wildman–Crippen MR) is 56.7 cm³/mol. The van der Waals surface area contributed by atoms with Crippen LogP contribution < -0.4 is 15.2 Å². The number of hydrogen-bond acceptors (Lipinski definition) is 6. The van der Waals surface area contributed by atoms with Crippen molar-refractivity contribution in [2.24, 2.45) is 5.73 Å². The lowest BCUT2D eigenvalue weighted by atomic mass is 10.1. The van der Waals surface area contributed by atoms with Gasteiger partial charge in [0.05, 0.1) is 20.4 Å². The average molecular weight is 280 g/mol. The van der Waals surface area contributed by atoms with Crippen LogP contribution in [0.5, 0.6) is 11.6 Å². The molecular formula is C10H11F3N2O4. The monoisotopic (exact) mass is 280 g/mol. The van der Waals surface area contributed by atoms with Gasteiger partial charge in [0.25, 0.3) is 0 Å². The Morgan fingerprint density at radius 3 is 2.47 bits per heavy atom. The molecule has 0 radical (unpaired) electrons. The van der Waals surface area contributed by atoms with Crippen molar-refractivity contribution in [1.29, 1.82) is 0 Å². The first-order valence-corrected chi connectivity index (χ1v) is 4.94. The molecule has 19 heavy (non-hydrogen) atoms. The van der Waals surface area contributed by atoms with Crippen LogP contribution in [0, 0.1) is 0 Å². The molecule has 106 valence electrons. The van der Waals surface area contributed by atoms with Crippen molar-refractivity contribution in [3.63, 3.8) is 0 Å². The Morgan fingerprint density at radius 1 is 1.42 bits per heavy atom. The number of halogens is 3. The third-order valence-corrected chi connectivity index (χ3v) is 2.12. The van der Waals surface area contributed by atoms with Crippen molar-refractivity contribution >= 4 is 5.97 Å². The largest absolute Gasteiger partial charge is 0.573 e. The van der Waals surface area contributed by atoms with Gasteiger partial charge in [-0.05, 0) is 0 Å². The lowest BCUT2D eigenvalue weighted by Crippen LogP contribution is -2.21. The molecule has 0 saturated carbocycles. The molecule has 2 N–H and O–H groups in total. The summed E-state index contributed by atoms with van der Waals surface area (Å²) in [6.45, 7) is -0.380. The molecule has 0 amide bonds. The van der Waals surface area contributed by atoms with Crippen LogP contribution >= 0.6 is 0 Å². The van der Waals surface area contributed by atoms with Crippen molar-refractivity contribution in [2.45, 2.75) is 12.9 Å². The van der Waals surface area contributed by atoms with E-state index in [1.807, 2.05) is 0 Å². The quantitative estimate of drug-likeness (QED) is 0.835. The van der Waals surface area contributed by atoms with Crippen molar-refractivity contribution < 1.29 is 32.2 Å². The number of hydrogen-bond donors (Lipinski definition) is 1. The highest BCUT2D eigenvalue weighted by Gasteiger charge is 2.34. The Bertz CT molecular complexity index is 477. The molecule has 9 heteroatoms. The number of methoxy groups -OCH3 is 2. The molecule has 0 aromatic carbocycles. The number of esters is 1. The molecule has 0 bridgehead atoms. The normalized spacial score (nSPS) is 11.1. The average Bonchev–Trinajstić information content (AvgIpc) is 2.35. The highest BCUT2D eigenvalue weighted by atomic mass is 19.4. The first-order chi connectivity index (χ1) is 8.84. The Kier molecular flexibility index (Phi) is 4.54. The van der Waals surface area contributed by atoms with Crippen LogP contribution in [0.1, 0.15) is 15.9 Å². The van der Waals surface area contributed by atoms with E-state index in [0.717, 1.165) is 13.3 Å². The summed E-state index contributed by atoms with van der Waals surface area (Å²) in [5.74, 6) is -1.78. The van der Waals surface area contributed by atoms with Crippen LogP contribution in [0.25, 0.3) is 0 Å². The van der Waals surface area contributed by atoms with Gasteiger partial charge in [-0.25, -0.2) is 9.78 Å². The lowest BCUT2D eigenvalue weighted by molar-refractivity contribution is -0.275. The molecule has 0 unspecified atom stereocenters. The Morgan fingerprint density at radius 2 is 2.05 bits per heavy atom. The molecule has 1 rings (SSSR count). The maximum atomic E-state index is 12.2. The van der Waals surface area contributed by atoms with Gasteiger partial charge in [-0.15, -0.1) is 13.2 Å². The summed E-state index contributed by atoms with van der Waals surface area (Å²) < 4.78 is 49.6. The Labute approximate surface area is 106 Å². The number of carbonyl (C=O) groups excluding carboxylic acids is 1. The van der Waals surface area contributed by atoms with Gasteiger partial charge in [-0.2, -0.15) is 0 Å². The maximum absolute atomic E-state index is 12.2. The molecular weight excluding hydrogens is 269 g/mol. The first-order valence-electron chi connectivity index (χ1n) is 4.94. The van der Waals surface area contributed by atoms with Gasteiger partial charge in [-0.3, -0.25) is 0 Å². The zero-order chi connectivity index (χ0) is 14.6. The van der Waals surface area contributed by atoms with Gasteiger partial charge in [0.15, 0.2) is 5.75 Å². The van der Waals surface area contributed by atoms with Gasteiger partial charge in [0.2, 0.25) is 5.88 Å². The van der Waals surface area contributed by atoms with Crippen molar-refractivity contribution in [1.82, 2.24) is 4.98 Å². The third kappa shape index (κ3) is 3.47. The topological polar surface area (TPSA) is 83.7 Å². The summed E-state index contributed by atoms with van der Waals surface area (Å²) in [7, 11) is 2.28. The Hall–Kier alpha value is -2.03. The smallest absolute Gasteiger partial charge is 0.480 e. The van der Waals surface area contributed by atoms with E-state index in [1.54, 1.807) is 0 Å². The van der Waals surface area contributed by atoms with Crippen LogP contribution in [0.3, 0.4) is 0 Å². The summed E-state index contributed by atoms with van der Waals surface area (Å²) >= 11 is 0. The minimum Gasteiger partial charge on any atom is -0.480 e. The summed E-state index contributed by atoms with van der Waals surface area (Å²) in [6, 6.07) is 0. The Balaban J connectivity index is 3.40. The molecule has 1 heterocycles. The first kappa shape index (κ1) is 15.0. The van der Waals surface area contributed by atoms with E-state index in [2.05, 4.69) is 14.5 Å². The van der Waals surface area contributed by atoms with Gasteiger partial charge in [0.1, 0.15) is 5.56 Å². The van der Waals surface area contributed by atoms with Crippen LogP contribution in [0.15, 0.2) is 6.20 Å². The number of ether oxygens (including phenoxy) is 3. The molecule has 0 atom stereocenters. The molecule has 1 aromatic rings. The highest BCUT2D eigenvalue weighted by Crippen LogP contribution is 2.32. The number of pyridine rings is 1. The zero-order valence-electron chi connectivity index (χ0n) is 10.1. The van der Waals surface area contributed by atoms with Crippen LogP contribution in [-0.4, -0.2) is 31.5 Å². The van der Waals surface area contributed by atoms with E-state index in [9.17, 15) is 18.0 Å². The van der Waals surface area contributed by atoms with E-state index >= 15 is 0 Å². The molecule has 0 aliphatic heterocycles. The van der Waals surface area contributed by atoms with Crippen LogP contribution in [0.4, 0.5) is 13.2 Å². The van der Waals surface area contributed by atoms with Crippen molar-refractivity contribution in [3.05, 3.63) is 17.3 Å². The summed E-state index contributed by atoms with van der Waals surface area (Å²) in [4.78, 5) is 15.1. The number of nitrogens with two attached hydrogens (primary N) is 1. The second-order valence-corrected chi connectivity index (χ2v) is 3.23. The molecule has 0 spiro atoms. The van der Waals surface area contributed by atoms with Crippen LogP contribution in [0.2, 0.25) is 0 Å². The maximum Gasteiger partial charge on any atom is 0.573 e. The second kappa shape index (κ2) is 5.74. The van der Waals surface area contributed by atoms with E-state index in [4.69, 9.17) is 10.5 Å². The number of aromatic nitrogens is 1. The SMILES string of the molecule is COC(=O)c1c(OC)ncc(OC(F)(F)F)c1CN. The second-order valence-electron chi connectivity index (χ2n) is 3.23. The standard InChI is InChI=1S/C10H11F3N2O4/c1-17-8-7(9(16)18-2)5(3-14)6(4-15-8)19-10(11,12)13/h4H,3,14H2,1-2H3. The summed E-state index contributed by atoms with van der Waals surface area (Å²) in [6.07, 6.45) is -4.14. The molecule has 0 aliphatic carbocycles. The zero-order valence-corrected chi connectivity index (χ0v) is 10.1. The summed E-state index contributed by atoms with van der Waals surface area (Å²) in [5.41, 5.74) is 4.85. The highest BCUT2D eigenvalue weighted by molar-refractivity contribution is 5.94. The predicted octanol–water partition coefficient (Wildman–Crippen LogP) is 1.23. The molecule has 0 fully saturated rings. The number of nitrogens with zero attached hydrogens (tertiary/aromatic N) is 1. The van der Waals surface area contributed by atoms with Crippen molar-refractivity contribution in [3.8, 4) is 11.6 Å². The van der Waals surface area contributed by atoms with Crippen molar-refractivity contribution in [2.75, 3.05) is 14.2 Å². The van der Waals surface area contributed by atoms with Gasteiger partial charge < -0.3 is 19.9 Å². The number of alkyl halides is 3. The van der Waals surface area contributed by atoms with E-state index < -0.39 is 18.1 Å². The molecule has 0 saturated heterocycles. The summed E-state index contributed by atoms with van der Waals surface area (Å²) in [5, 5.41) is 0. The van der Waals surface area contributed by atoms with Crippen LogP contribution in [-0.2, 0) is 11.3 Å². The minimum atomic E-state index is -4.92. The molecule has 1 aromatic heterocycles. The number of rotatable bonds is 4. The van der Waals surface area contributed by atoms with E-state index in [0.29, 0.717) is 0 Å². The fraction of sp³-hybridized carbons (Fsp3) is 0.400. The minimum absolute atomic E-state index is 0.193. The number of carbonyl (C=O) groups is 1. The van der Waals surface area contributed by atoms with E-state index in [-0.39, 0.29) is 23.6 Å². The van der Waals surface area contributed by atoms with Gasteiger partial charge >= 0.3 is 12.3 Å². The van der Waals surface area contributed by atoms with E-state index in [1.165, 1.54) is 7.11 Å².